The summed E-state index contributed by atoms with van der Waals surface area (Å²) in [5, 5.41) is 4.82. The number of nitrogens with one attached hydrogen (secondary N) is 1. The standard InChI is InChI=1S/C10H8ClN3OS/c11-8-3-4-12-10(13-8)14-9(15)6-7-2-1-5-16-7/h1-5H,6H2,(H,12,13,14,15). The predicted octanol–water partition coefficient (Wildman–Crippen LogP) is 2.37. The maximum absolute atomic E-state index is 11.6. The fraction of sp³-hybridized carbons (Fsp3) is 0.100. The average molecular weight is 254 g/mol. The molecule has 1 amide bonds. The SMILES string of the molecule is O=C(Cc1cccs1)Nc1nccc(Cl)n1. The normalized spacial score (nSPS) is 10.1. The van der Waals surface area contributed by atoms with Crippen molar-refractivity contribution in [2.45, 2.75) is 6.42 Å². The first-order chi connectivity index (χ1) is 7.74. The lowest BCUT2D eigenvalue weighted by molar-refractivity contribution is -0.115. The predicted molar refractivity (Wildman–Crippen MR) is 63.7 cm³/mol. The number of carbonyl (C=O) groups is 1. The number of nitrogens with zero attached hydrogens (tertiary/aromatic N) is 2. The topological polar surface area (TPSA) is 54.9 Å². The second-order valence-electron chi connectivity index (χ2n) is 3.01. The molecule has 0 aliphatic heterocycles. The number of amides is 1. The van der Waals surface area contributed by atoms with Crippen LogP contribution in [0.1, 0.15) is 4.88 Å². The fourth-order valence-corrected chi connectivity index (χ4v) is 1.98. The molecule has 4 nitrogen and oxygen atoms in total. The molecule has 0 atom stereocenters. The van der Waals surface area contributed by atoms with Gasteiger partial charge in [0.2, 0.25) is 11.9 Å². The quantitative estimate of drug-likeness (QED) is 0.855. The van der Waals surface area contributed by atoms with E-state index in [1.165, 1.54) is 17.5 Å². The number of anilines is 1. The summed E-state index contributed by atoms with van der Waals surface area (Å²) in [6, 6.07) is 5.36. The van der Waals surface area contributed by atoms with E-state index in [-0.39, 0.29) is 11.9 Å². The van der Waals surface area contributed by atoms with Gasteiger partial charge < -0.3 is 0 Å². The van der Waals surface area contributed by atoms with Crippen molar-refractivity contribution in [3.8, 4) is 0 Å². The first-order valence-electron chi connectivity index (χ1n) is 4.55. The number of carbonyl (C=O) groups excluding carboxylic acids is 1. The number of halogens is 1. The molecule has 16 heavy (non-hydrogen) atoms. The van der Waals surface area contributed by atoms with Crippen molar-refractivity contribution < 1.29 is 4.79 Å². The van der Waals surface area contributed by atoms with Crippen LogP contribution >= 0.6 is 22.9 Å². The minimum Gasteiger partial charge on any atom is -0.294 e. The molecule has 0 aliphatic carbocycles. The highest BCUT2D eigenvalue weighted by Crippen LogP contribution is 2.10. The monoisotopic (exact) mass is 253 g/mol. The summed E-state index contributed by atoms with van der Waals surface area (Å²) in [5.74, 6) is 0.0822. The molecule has 0 saturated carbocycles. The van der Waals surface area contributed by atoms with Gasteiger partial charge in [-0.3, -0.25) is 10.1 Å². The molecule has 0 spiro atoms. The fourth-order valence-electron chi connectivity index (χ4n) is 1.14. The molecule has 2 aromatic heterocycles. The van der Waals surface area contributed by atoms with Crippen LogP contribution in [-0.2, 0) is 11.2 Å². The van der Waals surface area contributed by atoms with Crippen LogP contribution in [0.5, 0.6) is 0 Å². The van der Waals surface area contributed by atoms with Crippen LogP contribution in [0.3, 0.4) is 0 Å². The molecule has 0 bridgehead atoms. The van der Waals surface area contributed by atoms with Crippen molar-refractivity contribution >= 4 is 34.8 Å². The van der Waals surface area contributed by atoms with Crippen molar-refractivity contribution in [2.24, 2.45) is 0 Å². The second kappa shape index (κ2) is 5.05. The molecule has 0 aliphatic rings. The first-order valence-corrected chi connectivity index (χ1v) is 5.80. The van der Waals surface area contributed by atoms with E-state index >= 15 is 0 Å². The molecule has 0 saturated heterocycles. The number of thiophene rings is 1. The average Bonchev–Trinajstić information content (AvgIpc) is 2.70. The van der Waals surface area contributed by atoms with Crippen LogP contribution in [0.2, 0.25) is 5.15 Å². The van der Waals surface area contributed by atoms with Crippen molar-refractivity contribution in [3.63, 3.8) is 0 Å². The van der Waals surface area contributed by atoms with Gasteiger partial charge in [-0.1, -0.05) is 17.7 Å². The lowest BCUT2D eigenvalue weighted by Crippen LogP contribution is -2.15. The maximum atomic E-state index is 11.6. The molecule has 82 valence electrons. The molecule has 6 heteroatoms. The van der Waals surface area contributed by atoms with Crippen LogP contribution in [0.25, 0.3) is 0 Å². The Hall–Kier alpha value is -1.46. The van der Waals surface area contributed by atoms with Crippen LogP contribution in [0, 0.1) is 0 Å². The van der Waals surface area contributed by atoms with Gasteiger partial charge in [0, 0.05) is 11.1 Å². The molecule has 1 N–H and O–H groups in total. The number of hydrogen-bond donors (Lipinski definition) is 1. The highest BCUT2D eigenvalue weighted by Gasteiger charge is 2.06. The van der Waals surface area contributed by atoms with E-state index in [2.05, 4.69) is 15.3 Å². The van der Waals surface area contributed by atoms with E-state index in [9.17, 15) is 4.79 Å². The van der Waals surface area contributed by atoms with Crippen LogP contribution in [0.4, 0.5) is 5.95 Å². The van der Waals surface area contributed by atoms with Gasteiger partial charge in [-0.2, -0.15) is 0 Å². The van der Waals surface area contributed by atoms with Gasteiger partial charge in [-0.05, 0) is 17.5 Å². The maximum Gasteiger partial charge on any atom is 0.231 e. The summed E-state index contributed by atoms with van der Waals surface area (Å²) in [7, 11) is 0. The Balaban J connectivity index is 1.97. The van der Waals surface area contributed by atoms with Crippen molar-refractivity contribution in [1.82, 2.24) is 9.97 Å². The van der Waals surface area contributed by atoms with Gasteiger partial charge in [0.25, 0.3) is 0 Å². The number of hydrogen-bond acceptors (Lipinski definition) is 4. The smallest absolute Gasteiger partial charge is 0.231 e. The summed E-state index contributed by atoms with van der Waals surface area (Å²) in [6.07, 6.45) is 1.82. The highest BCUT2D eigenvalue weighted by atomic mass is 35.5. The van der Waals surface area contributed by atoms with E-state index in [4.69, 9.17) is 11.6 Å². The summed E-state index contributed by atoms with van der Waals surface area (Å²) in [6.45, 7) is 0. The van der Waals surface area contributed by atoms with Crippen molar-refractivity contribution in [2.75, 3.05) is 5.32 Å². The van der Waals surface area contributed by atoms with Gasteiger partial charge >= 0.3 is 0 Å². The molecule has 0 aromatic carbocycles. The molecule has 0 unspecified atom stereocenters. The van der Waals surface area contributed by atoms with Crippen LogP contribution in [-0.4, -0.2) is 15.9 Å². The minimum absolute atomic E-state index is 0.148. The van der Waals surface area contributed by atoms with Gasteiger partial charge in [-0.25, -0.2) is 9.97 Å². The van der Waals surface area contributed by atoms with Gasteiger partial charge in [0.1, 0.15) is 5.15 Å². The largest absolute Gasteiger partial charge is 0.294 e. The molecular weight excluding hydrogens is 246 g/mol. The second-order valence-corrected chi connectivity index (χ2v) is 4.43. The molecule has 2 rings (SSSR count). The van der Waals surface area contributed by atoms with Gasteiger partial charge in [0.15, 0.2) is 0 Å². The van der Waals surface area contributed by atoms with E-state index < -0.39 is 0 Å². The van der Waals surface area contributed by atoms with E-state index in [1.54, 1.807) is 6.07 Å². The summed E-state index contributed by atoms with van der Waals surface area (Å²) in [5.41, 5.74) is 0. The zero-order valence-corrected chi connectivity index (χ0v) is 9.76. The third-order valence-electron chi connectivity index (χ3n) is 1.79. The zero-order chi connectivity index (χ0) is 11.4. The molecule has 2 heterocycles. The first kappa shape index (κ1) is 11.0. The minimum atomic E-state index is -0.148. The van der Waals surface area contributed by atoms with E-state index in [0.29, 0.717) is 11.6 Å². The van der Waals surface area contributed by atoms with Crippen LogP contribution in [0.15, 0.2) is 29.8 Å². The van der Waals surface area contributed by atoms with E-state index in [1.807, 2.05) is 17.5 Å². The Morgan fingerprint density at radius 1 is 1.50 bits per heavy atom. The number of aromatic nitrogens is 2. The van der Waals surface area contributed by atoms with E-state index in [0.717, 1.165) is 4.88 Å². The van der Waals surface area contributed by atoms with Gasteiger partial charge in [-0.15, -0.1) is 11.3 Å². The molecular formula is C10H8ClN3OS. The summed E-state index contributed by atoms with van der Waals surface area (Å²) >= 11 is 7.21. The molecule has 0 fully saturated rings. The van der Waals surface area contributed by atoms with Crippen molar-refractivity contribution in [1.29, 1.82) is 0 Å². The number of rotatable bonds is 3. The van der Waals surface area contributed by atoms with Crippen molar-refractivity contribution in [3.05, 3.63) is 39.8 Å². The lowest BCUT2D eigenvalue weighted by Gasteiger charge is -2.01. The lowest BCUT2D eigenvalue weighted by atomic mass is 10.3. The Labute approximate surface area is 101 Å². The summed E-state index contributed by atoms with van der Waals surface area (Å²) < 4.78 is 0. The Morgan fingerprint density at radius 3 is 3.06 bits per heavy atom. The zero-order valence-electron chi connectivity index (χ0n) is 8.18. The third-order valence-corrected chi connectivity index (χ3v) is 2.87. The Bertz CT molecular complexity index is 487. The Morgan fingerprint density at radius 2 is 2.38 bits per heavy atom. The van der Waals surface area contributed by atoms with Crippen LogP contribution < -0.4 is 5.32 Å². The molecule has 2 aromatic rings. The summed E-state index contributed by atoms with van der Waals surface area (Å²) in [4.78, 5) is 20.3. The molecule has 0 radical (unpaired) electrons. The Kier molecular flexibility index (Phi) is 3.48. The third kappa shape index (κ3) is 3.01. The van der Waals surface area contributed by atoms with Gasteiger partial charge in [0.05, 0.1) is 6.42 Å². The highest BCUT2D eigenvalue weighted by molar-refractivity contribution is 7.10.